The first kappa shape index (κ1) is 29.4. The number of aromatic nitrogens is 3. The molecule has 8 heteroatoms. The number of nitriles is 1. The van der Waals surface area contributed by atoms with Crippen molar-refractivity contribution in [2.75, 3.05) is 0 Å². The molecular weight excluding hydrogens is 573 g/mol. The minimum atomic E-state index is -4.72. The number of aldehydes is 1. The van der Waals surface area contributed by atoms with Crippen LogP contribution in [0.2, 0.25) is 0 Å². The highest BCUT2D eigenvalue weighted by atomic mass is 19.4. The molecule has 0 spiro atoms. The minimum absolute atomic E-state index is 0.0620. The third kappa shape index (κ3) is 5.23. The van der Waals surface area contributed by atoms with E-state index in [1.807, 2.05) is 104 Å². The zero-order valence-corrected chi connectivity index (χ0v) is 24.2. The Kier molecular flexibility index (Phi) is 7.69. The summed E-state index contributed by atoms with van der Waals surface area (Å²) in [5.74, 6) is 0. The number of nitrogens with zero attached hydrogens (tertiary/aromatic N) is 4. The first-order valence-corrected chi connectivity index (χ1v) is 14.3. The third-order valence-corrected chi connectivity index (χ3v) is 8.07. The predicted molar refractivity (Wildman–Crippen MR) is 166 cm³/mol. The van der Waals surface area contributed by atoms with Gasteiger partial charge in [0.15, 0.2) is 12.0 Å². The molecule has 0 saturated carbocycles. The number of alkyl halides is 3. The summed E-state index contributed by atoms with van der Waals surface area (Å²) in [5.41, 5.74) is 2.90. The molecule has 0 saturated heterocycles. The normalized spacial score (nSPS) is 11.7. The van der Waals surface area contributed by atoms with Crippen LogP contribution in [0.1, 0.15) is 49.8 Å². The summed E-state index contributed by atoms with van der Waals surface area (Å²) in [6.07, 6.45) is -4.01. The zero-order valence-electron chi connectivity index (χ0n) is 24.2. The number of rotatable bonds is 8. The van der Waals surface area contributed by atoms with E-state index in [1.165, 1.54) is 4.68 Å². The van der Waals surface area contributed by atoms with Gasteiger partial charge in [-0.05, 0) is 53.4 Å². The molecule has 0 amide bonds. The van der Waals surface area contributed by atoms with Crippen LogP contribution in [-0.4, -0.2) is 20.6 Å². The molecule has 0 fully saturated rings. The molecule has 222 valence electrons. The molecule has 0 aliphatic carbocycles. The van der Waals surface area contributed by atoms with Crippen LogP contribution in [0.4, 0.5) is 13.2 Å². The van der Waals surface area contributed by atoms with Gasteiger partial charge in [-0.3, -0.25) is 4.79 Å². The van der Waals surface area contributed by atoms with Gasteiger partial charge in [-0.2, -0.15) is 23.5 Å². The van der Waals surface area contributed by atoms with Crippen molar-refractivity contribution in [3.8, 4) is 17.2 Å². The van der Waals surface area contributed by atoms with Crippen molar-refractivity contribution in [1.82, 2.24) is 14.3 Å². The average Bonchev–Trinajstić information content (AvgIpc) is 3.64. The van der Waals surface area contributed by atoms with E-state index in [1.54, 1.807) is 28.8 Å². The van der Waals surface area contributed by atoms with E-state index in [-0.39, 0.29) is 12.2 Å². The molecule has 2 heterocycles. The van der Waals surface area contributed by atoms with Gasteiger partial charge in [0, 0.05) is 11.3 Å². The minimum Gasteiger partial charge on any atom is -0.336 e. The number of aryl methyl sites for hydroxylation is 1. The lowest BCUT2D eigenvalue weighted by atomic mass is 9.77. The van der Waals surface area contributed by atoms with Gasteiger partial charge in [0.2, 0.25) is 0 Å². The Morgan fingerprint density at radius 2 is 1.29 bits per heavy atom. The molecule has 0 unspecified atom stereocenters. The van der Waals surface area contributed by atoms with Crippen LogP contribution in [0.5, 0.6) is 0 Å². The molecule has 0 radical (unpaired) electrons. The standard InChI is InChI=1S/C37H27F3N4O/c1-26-21-33(28-19-17-27(23-41)18-20-28)34(25-45)43(26)24-32-22-35(37(38,39)40)42-44(32)36(29-11-5-2-6-12-29,30-13-7-3-8-14-30)31-15-9-4-10-16-31/h2-22,25H,24H2,1H3. The van der Waals surface area contributed by atoms with Crippen LogP contribution < -0.4 is 0 Å². The quantitative estimate of drug-likeness (QED) is 0.131. The molecule has 0 bridgehead atoms. The lowest BCUT2D eigenvalue weighted by Gasteiger charge is -2.37. The molecule has 2 aromatic heterocycles. The summed E-state index contributed by atoms with van der Waals surface area (Å²) in [7, 11) is 0. The van der Waals surface area contributed by atoms with E-state index in [0.29, 0.717) is 28.8 Å². The number of halogens is 3. The molecule has 0 atom stereocenters. The average molecular weight is 601 g/mol. The van der Waals surface area contributed by atoms with Gasteiger partial charge in [-0.1, -0.05) is 103 Å². The zero-order chi connectivity index (χ0) is 31.6. The van der Waals surface area contributed by atoms with Crippen LogP contribution in [0.25, 0.3) is 11.1 Å². The van der Waals surface area contributed by atoms with Crippen LogP contribution in [0.15, 0.2) is 127 Å². The smallest absolute Gasteiger partial charge is 0.336 e. The molecule has 0 N–H and O–H groups in total. The SMILES string of the molecule is Cc1cc(-c2ccc(C#N)cc2)c(C=O)n1Cc1cc(C(F)(F)F)nn1C(c1ccccc1)(c1ccccc1)c1ccccc1. The molecule has 4 aromatic carbocycles. The molecule has 6 rings (SSSR count). The largest absolute Gasteiger partial charge is 0.435 e. The fourth-order valence-corrected chi connectivity index (χ4v) is 6.02. The van der Waals surface area contributed by atoms with Crippen LogP contribution in [-0.2, 0) is 18.3 Å². The maximum Gasteiger partial charge on any atom is 0.435 e. The number of hydrogen-bond donors (Lipinski definition) is 0. The van der Waals surface area contributed by atoms with E-state index in [9.17, 15) is 23.2 Å². The number of hydrogen-bond acceptors (Lipinski definition) is 3. The second-order valence-electron chi connectivity index (χ2n) is 10.7. The van der Waals surface area contributed by atoms with E-state index < -0.39 is 17.4 Å². The molecule has 45 heavy (non-hydrogen) atoms. The fraction of sp³-hybridized carbons (Fsp3) is 0.108. The third-order valence-electron chi connectivity index (χ3n) is 8.07. The Morgan fingerprint density at radius 1 is 0.778 bits per heavy atom. The van der Waals surface area contributed by atoms with Crippen molar-refractivity contribution >= 4 is 6.29 Å². The van der Waals surface area contributed by atoms with Gasteiger partial charge in [-0.25, -0.2) is 4.68 Å². The van der Waals surface area contributed by atoms with Gasteiger partial charge in [0.05, 0.1) is 29.6 Å². The van der Waals surface area contributed by atoms with Crippen molar-refractivity contribution < 1.29 is 18.0 Å². The number of carbonyl (C=O) groups excluding carboxylic acids is 1. The first-order chi connectivity index (χ1) is 21.8. The first-order valence-electron chi connectivity index (χ1n) is 14.3. The Hall–Kier alpha value is -5.68. The Balaban J connectivity index is 1.64. The topological polar surface area (TPSA) is 63.6 Å². The highest BCUT2D eigenvalue weighted by Crippen LogP contribution is 2.43. The fourth-order valence-electron chi connectivity index (χ4n) is 6.02. The monoisotopic (exact) mass is 600 g/mol. The van der Waals surface area contributed by atoms with E-state index in [0.717, 1.165) is 28.3 Å². The summed E-state index contributed by atoms with van der Waals surface area (Å²) in [5, 5.41) is 13.5. The van der Waals surface area contributed by atoms with Gasteiger partial charge in [0.1, 0.15) is 5.54 Å². The maximum atomic E-state index is 14.5. The highest BCUT2D eigenvalue weighted by Gasteiger charge is 2.44. The maximum absolute atomic E-state index is 14.5. The number of carbonyl (C=O) groups is 1. The predicted octanol–water partition coefficient (Wildman–Crippen LogP) is 8.25. The molecule has 5 nitrogen and oxygen atoms in total. The molecular formula is C37H27F3N4O. The van der Waals surface area contributed by atoms with Crippen molar-refractivity contribution in [2.45, 2.75) is 25.2 Å². The van der Waals surface area contributed by atoms with Crippen molar-refractivity contribution in [3.05, 3.63) is 172 Å². The van der Waals surface area contributed by atoms with Crippen molar-refractivity contribution in [3.63, 3.8) is 0 Å². The van der Waals surface area contributed by atoms with Crippen molar-refractivity contribution in [2.24, 2.45) is 0 Å². The Morgan fingerprint density at radius 3 is 1.73 bits per heavy atom. The van der Waals surface area contributed by atoms with E-state index in [2.05, 4.69) is 11.2 Å². The summed E-state index contributed by atoms with van der Waals surface area (Å²) in [6, 6.07) is 39.9. The Bertz CT molecular complexity index is 1890. The Labute approximate surface area is 258 Å². The second kappa shape index (κ2) is 11.8. The van der Waals surface area contributed by atoms with Crippen LogP contribution in [0, 0.1) is 18.3 Å². The van der Waals surface area contributed by atoms with Crippen LogP contribution in [0.3, 0.4) is 0 Å². The lowest BCUT2D eigenvalue weighted by Crippen LogP contribution is -2.40. The molecule has 0 aliphatic rings. The molecule has 6 aromatic rings. The lowest BCUT2D eigenvalue weighted by molar-refractivity contribution is -0.141. The van der Waals surface area contributed by atoms with Gasteiger partial charge >= 0.3 is 6.18 Å². The molecule has 0 aliphatic heterocycles. The van der Waals surface area contributed by atoms with E-state index in [4.69, 9.17) is 0 Å². The van der Waals surface area contributed by atoms with Gasteiger partial charge in [-0.15, -0.1) is 0 Å². The second-order valence-corrected chi connectivity index (χ2v) is 10.7. The van der Waals surface area contributed by atoms with E-state index >= 15 is 0 Å². The summed E-state index contributed by atoms with van der Waals surface area (Å²) in [6.45, 7) is 1.75. The number of benzene rings is 4. The summed E-state index contributed by atoms with van der Waals surface area (Å²) >= 11 is 0. The highest BCUT2D eigenvalue weighted by molar-refractivity contribution is 5.87. The summed E-state index contributed by atoms with van der Waals surface area (Å²) in [4.78, 5) is 12.6. The summed E-state index contributed by atoms with van der Waals surface area (Å²) < 4.78 is 46.6. The van der Waals surface area contributed by atoms with Gasteiger partial charge in [0.25, 0.3) is 0 Å². The van der Waals surface area contributed by atoms with Gasteiger partial charge < -0.3 is 4.57 Å². The van der Waals surface area contributed by atoms with Crippen molar-refractivity contribution in [1.29, 1.82) is 5.26 Å². The van der Waals surface area contributed by atoms with Crippen LogP contribution >= 0.6 is 0 Å².